The lowest BCUT2D eigenvalue weighted by Crippen LogP contribution is -2.23. The van der Waals surface area contributed by atoms with E-state index < -0.39 is 0 Å². The van der Waals surface area contributed by atoms with E-state index in [1.807, 2.05) is 0 Å². The molecule has 0 radical (unpaired) electrons. The Morgan fingerprint density at radius 2 is 2.12 bits per heavy atom. The maximum Gasteiger partial charge on any atom is 0.136 e. The standard InChI is InChI=1S/C15H18O/c1-15(10-14(16)12-6-7-12)9-8-11-4-2-3-5-13(11)15/h2-5,12H,6-10H2,1H3. The molecule has 0 amide bonds. The number of benzene rings is 1. The molecule has 1 atom stereocenters. The molecular weight excluding hydrogens is 196 g/mol. The van der Waals surface area contributed by atoms with Gasteiger partial charge < -0.3 is 0 Å². The van der Waals surface area contributed by atoms with Gasteiger partial charge in [0.1, 0.15) is 5.78 Å². The van der Waals surface area contributed by atoms with Crippen LogP contribution in [0.5, 0.6) is 0 Å². The summed E-state index contributed by atoms with van der Waals surface area (Å²) in [5.74, 6) is 0.906. The van der Waals surface area contributed by atoms with Crippen LogP contribution >= 0.6 is 0 Å². The predicted molar refractivity (Wildman–Crippen MR) is 64.5 cm³/mol. The molecule has 0 saturated heterocycles. The Bertz CT molecular complexity index is 431. The minimum absolute atomic E-state index is 0.121. The van der Waals surface area contributed by atoms with Crippen LogP contribution in [0.1, 0.15) is 43.7 Å². The first-order chi connectivity index (χ1) is 7.69. The van der Waals surface area contributed by atoms with Crippen molar-refractivity contribution in [2.75, 3.05) is 0 Å². The van der Waals surface area contributed by atoms with Crippen LogP contribution in [-0.2, 0) is 16.6 Å². The highest BCUT2D eigenvalue weighted by molar-refractivity contribution is 5.84. The molecule has 3 rings (SSSR count). The van der Waals surface area contributed by atoms with E-state index >= 15 is 0 Å². The Morgan fingerprint density at radius 3 is 2.88 bits per heavy atom. The monoisotopic (exact) mass is 214 g/mol. The second-order valence-corrected chi connectivity index (χ2v) is 5.64. The zero-order valence-corrected chi connectivity index (χ0v) is 9.83. The third-order valence-electron chi connectivity index (χ3n) is 4.21. The van der Waals surface area contributed by atoms with Crippen LogP contribution in [0.25, 0.3) is 0 Å². The molecule has 0 aliphatic heterocycles. The number of aryl methyl sites for hydroxylation is 1. The predicted octanol–water partition coefficient (Wildman–Crippen LogP) is 3.26. The van der Waals surface area contributed by atoms with Gasteiger partial charge in [-0.25, -0.2) is 0 Å². The van der Waals surface area contributed by atoms with E-state index in [9.17, 15) is 4.79 Å². The molecular formula is C15H18O. The number of hydrogen-bond donors (Lipinski definition) is 0. The number of carbonyl (C=O) groups excluding carboxylic acids is 1. The number of fused-ring (bicyclic) bond motifs is 1. The first-order valence-corrected chi connectivity index (χ1v) is 6.30. The Hall–Kier alpha value is -1.11. The summed E-state index contributed by atoms with van der Waals surface area (Å²) in [4.78, 5) is 12.0. The largest absolute Gasteiger partial charge is 0.299 e. The minimum atomic E-state index is 0.121. The summed E-state index contributed by atoms with van der Waals surface area (Å²) in [5.41, 5.74) is 2.99. The van der Waals surface area contributed by atoms with Gasteiger partial charge in [0.15, 0.2) is 0 Å². The van der Waals surface area contributed by atoms with Crippen LogP contribution in [0.15, 0.2) is 24.3 Å². The summed E-state index contributed by atoms with van der Waals surface area (Å²) in [6, 6.07) is 8.63. The van der Waals surface area contributed by atoms with Gasteiger partial charge in [-0.3, -0.25) is 4.79 Å². The van der Waals surface area contributed by atoms with Gasteiger partial charge in [-0.15, -0.1) is 0 Å². The van der Waals surface area contributed by atoms with Crippen molar-refractivity contribution in [3.63, 3.8) is 0 Å². The van der Waals surface area contributed by atoms with Crippen molar-refractivity contribution < 1.29 is 4.79 Å². The molecule has 2 aliphatic carbocycles. The van der Waals surface area contributed by atoms with Crippen molar-refractivity contribution in [1.29, 1.82) is 0 Å². The van der Waals surface area contributed by atoms with E-state index in [-0.39, 0.29) is 5.41 Å². The topological polar surface area (TPSA) is 17.1 Å². The number of ketones is 1. The van der Waals surface area contributed by atoms with Gasteiger partial charge >= 0.3 is 0 Å². The number of Topliss-reactive ketones (excluding diaryl/α,β-unsaturated/α-hetero) is 1. The van der Waals surface area contributed by atoms with Crippen molar-refractivity contribution >= 4 is 5.78 Å². The third-order valence-corrected chi connectivity index (χ3v) is 4.21. The van der Waals surface area contributed by atoms with E-state index in [1.165, 1.54) is 11.1 Å². The molecule has 1 heteroatoms. The molecule has 0 N–H and O–H groups in total. The van der Waals surface area contributed by atoms with Crippen molar-refractivity contribution in [1.82, 2.24) is 0 Å². The fourth-order valence-electron chi connectivity index (χ4n) is 2.99. The summed E-state index contributed by atoms with van der Waals surface area (Å²) in [6.07, 6.45) is 5.32. The Balaban J connectivity index is 1.86. The van der Waals surface area contributed by atoms with Crippen molar-refractivity contribution in [3.8, 4) is 0 Å². The zero-order chi connectivity index (χ0) is 11.2. The third kappa shape index (κ3) is 1.59. The van der Waals surface area contributed by atoms with Crippen LogP contribution in [0.4, 0.5) is 0 Å². The van der Waals surface area contributed by atoms with Crippen LogP contribution in [0, 0.1) is 5.92 Å². The molecule has 1 saturated carbocycles. The molecule has 1 nitrogen and oxygen atoms in total. The second-order valence-electron chi connectivity index (χ2n) is 5.64. The highest BCUT2D eigenvalue weighted by Gasteiger charge is 2.39. The maximum atomic E-state index is 12.0. The summed E-state index contributed by atoms with van der Waals surface area (Å²) >= 11 is 0. The summed E-state index contributed by atoms with van der Waals surface area (Å²) in [5, 5.41) is 0. The van der Waals surface area contributed by atoms with E-state index in [0.717, 1.165) is 32.1 Å². The number of hydrogen-bond acceptors (Lipinski definition) is 1. The smallest absolute Gasteiger partial charge is 0.136 e. The van der Waals surface area contributed by atoms with Crippen molar-refractivity contribution in [2.45, 2.75) is 44.4 Å². The first-order valence-electron chi connectivity index (χ1n) is 6.30. The van der Waals surface area contributed by atoms with Gasteiger partial charge in [0, 0.05) is 12.3 Å². The van der Waals surface area contributed by atoms with Gasteiger partial charge in [0.05, 0.1) is 0 Å². The first kappa shape index (κ1) is 10.1. The number of rotatable bonds is 3. The molecule has 1 aromatic carbocycles. The molecule has 0 bridgehead atoms. The molecule has 1 aromatic rings. The van der Waals surface area contributed by atoms with E-state index in [0.29, 0.717) is 11.7 Å². The lowest BCUT2D eigenvalue weighted by Gasteiger charge is -2.24. The average Bonchev–Trinajstić information content (AvgIpc) is 3.07. The van der Waals surface area contributed by atoms with Crippen LogP contribution in [0.2, 0.25) is 0 Å². The molecule has 0 aromatic heterocycles. The van der Waals surface area contributed by atoms with Gasteiger partial charge in [-0.05, 0) is 42.2 Å². The normalized spacial score (nSPS) is 27.8. The highest BCUT2D eigenvalue weighted by atomic mass is 16.1. The van der Waals surface area contributed by atoms with Crippen LogP contribution < -0.4 is 0 Å². The zero-order valence-electron chi connectivity index (χ0n) is 9.83. The fraction of sp³-hybridized carbons (Fsp3) is 0.533. The van der Waals surface area contributed by atoms with Crippen LogP contribution in [-0.4, -0.2) is 5.78 Å². The molecule has 2 aliphatic rings. The summed E-state index contributed by atoms with van der Waals surface area (Å²) < 4.78 is 0. The van der Waals surface area contributed by atoms with E-state index in [4.69, 9.17) is 0 Å². The highest BCUT2D eigenvalue weighted by Crippen LogP contribution is 2.43. The van der Waals surface area contributed by atoms with Gasteiger partial charge in [0.2, 0.25) is 0 Å². The Morgan fingerprint density at radius 1 is 1.38 bits per heavy atom. The van der Waals surface area contributed by atoms with Crippen molar-refractivity contribution in [2.24, 2.45) is 5.92 Å². The average molecular weight is 214 g/mol. The molecule has 16 heavy (non-hydrogen) atoms. The molecule has 84 valence electrons. The van der Waals surface area contributed by atoms with E-state index in [2.05, 4.69) is 31.2 Å². The quantitative estimate of drug-likeness (QED) is 0.754. The SMILES string of the molecule is CC1(CC(=O)C2CC2)CCc2ccccc21. The second kappa shape index (κ2) is 3.44. The molecule has 1 unspecified atom stereocenters. The fourth-order valence-corrected chi connectivity index (χ4v) is 2.99. The summed E-state index contributed by atoms with van der Waals surface area (Å²) in [6.45, 7) is 2.26. The molecule has 0 heterocycles. The summed E-state index contributed by atoms with van der Waals surface area (Å²) in [7, 11) is 0. The number of carbonyl (C=O) groups is 1. The van der Waals surface area contributed by atoms with Gasteiger partial charge in [-0.2, -0.15) is 0 Å². The van der Waals surface area contributed by atoms with E-state index in [1.54, 1.807) is 0 Å². The molecule has 0 spiro atoms. The lowest BCUT2D eigenvalue weighted by atomic mass is 9.79. The lowest BCUT2D eigenvalue weighted by molar-refractivity contribution is -0.121. The Labute approximate surface area is 96.9 Å². The minimum Gasteiger partial charge on any atom is -0.299 e. The molecule has 1 fully saturated rings. The maximum absolute atomic E-state index is 12.0. The van der Waals surface area contributed by atoms with Crippen LogP contribution in [0.3, 0.4) is 0 Å². The van der Waals surface area contributed by atoms with Gasteiger partial charge in [-0.1, -0.05) is 31.2 Å². The van der Waals surface area contributed by atoms with Crippen molar-refractivity contribution in [3.05, 3.63) is 35.4 Å². The van der Waals surface area contributed by atoms with Gasteiger partial charge in [0.25, 0.3) is 0 Å². The Kier molecular flexibility index (Phi) is 2.17.